The Hall–Kier alpha value is -3.06. The van der Waals surface area contributed by atoms with Crippen molar-refractivity contribution >= 4 is 39.9 Å². The van der Waals surface area contributed by atoms with Gasteiger partial charge in [-0.25, -0.2) is 9.97 Å². The molecule has 0 fully saturated rings. The van der Waals surface area contributed by atoms with Crippen molar-refractivity contribution in [2.24, 2.45) is 0 Å². The maximum absolute atomic E-state index is 11.7. The van der Waals surface area contributed by atoms with Crippen molar-refractivity contribution in [1.29, 1.82) is 0 Å². The van der Waals surface area contributed by atoms with Crippen LogP contribution >= 0.6 is 11.6 Å². The van der Waals surface area contributed by atoms with Crippen LogP contribution in [-0.4, -0.2) is 30.1 Å². The number of amides is 1. The number of aromatic nitrogens is 2. The third-order valence-electron chi connectivity index (χ3n) is 4.67. The summed E-state index contributed by atoms with van der Waals surface area (Å²) < 4.78 is 10.8. The first-order valence-electron chi connectivity index (χ1n) is 9.66. The van der Waals surface area contributed by atoms with Gasteiger partial charge in [-0.05, 0) is 30.2 Å². The molecule has 3 aromatic rings. The Morgan fingerprint density at radius 1 is 1.17 bits per heavy atom. The molecule has 0 atom stereocenters. The van der Waals surface area contributed by atoms with E-state index in [1.54, 1.807) is 14.2 Å². The summed E-state index contributed by atoms with van der Waals surface area (Å²) in [4.78, 5) is 20.7. The zero-order valence-electron chi connectivity index (χ0n) is 17.5. The van der Waals surface area contributed by atoms with Gasteiger partial charge in [-0.2, -0.15) is 0 Å². The Balaban J connectivity index is 2.03. The molecule has 0 spiro atoms. The molecule has 0 bridgehead atoms. The molecule has 0 aliphatic heterocycles. The minimum atomic E-state index is -0.172. The van der Waals surface area contributed by atoms with Crippen LogP contribution in [0, 0.1) is 0 Å². The first kappa shape index (κ1) is 21.6. The molecule has 0 saturated heterocycles. The SMILES string of the molecule is CCCc1c(OC)c(NC(C)=O)cc2c(NCc3ccc(OC)c(Cl)c3)ncnc12. The van der Waals surface area contributed by atoms with Crippen LogP contribution in [0.25, 0.3) is 10.9 Å². The molecule has 0 unspecified atom stereocenters. The Morgan fingerprint density at radius 2 is 1.97 bits per heavy atom. The number of rotatable bonds is 8. The highest BCUT2D eigenvalue weighted by atomic mass is 35.5. The zero-order valence-corrected chi connectivity index (χ0v) is 18.3. The van der Waals surface area contributed by atoms with E-state index in [1.807, 2.05) is 24.3 Å². The third kappa shape index (κ3) is 4.57. The fraction of sp³-hybridized carbons (Fsp3) is 0.318. The van der Waals surface area contributed by atoms with Crippen LogP contribution in [0.4, 0.5) is 11.5 Å². The number of hydrogen-bond acceptors (Lipinski definition) is 6. The van der Waals surface area contributed by atoms with Gasteiger partial charge in [0.05, 0.1) is 30.4 Å². The number of ether oxygens (including phenoxy) is 2. The number of halogens is 1. The number of hydrogen-bond donors (Lipinski definition) is 2. The van der Waals surface area contributed by atoms with E-state index in [4.69, 9.17) is 21.1 Å². The Bertz CT molecular complexity index is 1070. The Kier molecular flexibility index (Phi) is 6.95. The van der Waals surface area contributed by atoms with Crippen LogP contribution < -0.4 is 20.1 Å². The second-order valence-corrected chi connectivity index (χ2v) is 7.22. The molecule has 0 saturated carbocycles. The lowest BCUT2D eigenvalue weighted by atomic mass is 10.0. The average Bonchev–Trinajstić information content (AvgIpc) is 2.72. The summed E-state index contributed by atoms with van der Waals surface area (Å²) in [5, 5.41) is 7.57. The molecule has 1 heterocycles. The van der Waals surface area contributed by atoms with Crippen molar-refractivity contribution in [3.8, 4) is 11.5 Å². The van der Waals surface area contributed by atoms with E-state index in [9.17, 15) is 4.79 Å². The molecule has 0 radical (unpaired) electrons. The summed E-state index contributed by atoms with van der Waals surface area (Å²) in [5.74, 6) is 1.75. The fourth-order valence-electron chi connectivity index (χ4n) is 3.40. The van der Waals surface area contributed by atoms with Gasteiger partial charge in [0.1, 0.15) is 23.6 Å². The van der Waals surface area contributed by atoms with Crippen molar-refractivity contribution in [3.63, 3.8) is 0 Å². The van der Waals surface area contributed by atoms with E-state index in [2.05, 4.69) is 27.5 Å². The summed E-state index contributed by atoms with van der Waals surface area (Å²) >= 11 is 6.23. The summed E-state index contributed by atoms with van der Waals surface area (Å²) in [6, 6.07) is 7.47. The topological polar surface area (TPSA) is 85.4 Å². The largest absolute Gasteiger partial charge is 0.495 e. The highest BCUT2D eigenvalue weighted by Gasteiger charge is 2.18. The Morgan fingerprint density at radius 3 is 2.60 bits per heavy atom. The highest BCUT2D eigenvalue weighted by Crippen LogP contribution is 2.38. The molecular weight excluding hydrogens is 404 g/mol. The van der Waals surface area contributed by atoms with Crippen LogP contribution in [0.5, 0.6) is 11.5 Å². The molecule has 8 heteroatoms. The van der Waals surface area contributed by atoms with Gasteiger partial charge >= 0.3 is 0 Å². The highest BCUT2D eigenvalue weighted by molar-refractivity contribution is 6.32. The molecule has 2 N–H and O–H groups in total. The molecule has 158 valence electrons. The maximum atomic E-state index is 11.7. The number of fused-ring (bicyclic) bond motifs is 1. The number of carbonyl (C=O) groups excluding carboxylic acids is 1. The van der Waals surface area contributed by atoms with Crippen LogP contribution in [0.15, 0.2) is 30.6 Å². The number of nitrogens with one attached hydrogen (secondary N) is 2. The number of anilines is 2. The van der Waals surface area contributed by atoms with E-state index in [0.717, 1.165) is 34.9 Å². The lowest BCUT2D eigenvalue weighted by Gasteiger charge is -2.18. The van der Waals surface area contributed by atoms with Gasteiger partial charge in [-0.3, -0.25) is 4.79 Å². The van der Waals surface area contributed by atoms with E-state index in [0.29, 0.717) is 34.6 Å². The monoisotopic (exact) mass is 428 g/mol. The first-order valence-corrected chi connectivity index (χ1v) is 10.0. The predicted octanol–water partition coefficient (Wildman–Crippen LogP) is 4.82. The predicted molar refractivity (Wildman–Crippen MR) is 120 cm³/mol. The first-order chi connectivity index (χ1) is 14.5. The molecule has 0 aliphatic carbocycles. The van der Waals surface area contributed by atoms with E-state index in [1.165, 1.54) is 13.3 Å². The fourth-order valence-corrected chi connectivity index (χ4v) is 3.68. The van der Waals surface area contributed by atoms with E-state index in [-0.39, 0.29) is 5.91 Å². The lowest BCUT2D eigenvalue weighted by molar-refractivity contribution is -0.114. The van der Waals surface area contributed by atoms with Gasteiger partial charge in [0.15, 0.2) is 0 Å². The van der Waals surface area contributed by atoms with Crippen LogP contribution in [-0.2, 0) is 17.8 Å². The summed E-state index contributed by atoms with van der Waals surface area (Å²) in [6.07, 6.45) is 3.20. The lowest BCUT2D eigenvalue weighted by Crippen LogP contribution is -2.10. The van der Waals surface area contributed by atoms with E-state index >= 15 is 0 Å². The second kappa shape index (κ2) is 9.63. The van der Waals surface area contributed by atoms with Gasteiger partial charge in [-0.1, -0.05) is 31.0 Å². The van der Waals surface area contributed by atoms with Crippen molar-refractivity contribution in [3.05, 3.63) is 46.7 Å². The average molecular weight is 429 g/mol. The van der Waals surface area contributed by atoms with Crippen molar-refractivity contribution < 1.29 is 14.3 Å². The molecule has 1 aromatic heterocycles. The van der Waals surface area contributed by atoms with Crippen LogP contribution in [0.1, 0.15) is 31.4 Å². The van der Waals surface area contributed by atoms with Crippen molar-refractivity contribution in [2.75, 3.05) is 24.9 Å². The van der Waals surface area contributed by atoms with Crippen molar-refractivity contribution in [1.82, 2.24) is 9.97 Å². The van der Waals surface area contributed by atoms with E-state index < -0.39 is 0 Å². The zero-order chi connectivity index (χ0) is 21.7. The maximum Gasteiger partial charge on any atom is 0.221 e. The normalized spacial score (nSPS) is 10.7. The molecule has 1 amide bonds. The van der Waals surface area contributed by atoms with Gasteiger partial charge < -0.3 is 20.1 Å². The number of nitrogens with zero attached hydrogens (tertiary/aromatic N) is 2. The van der Waals surface area contributed by atoms with Crippen molar-refractivity contribution in [2.45, 2.75) is 33.2 Å². The van der Waals surface area contributed by atoms with Gasteiger partial charge in [0.25, 0.3) is 0 Å². The Labute approximate surface area is 180 Å². The second-order valence-electron chi connectivity index (χ2n) is 6.81. The third-order valence-corrected chi connectivity index (χ3v) is 4.96. The smallest absolute Gasteiger partial charge is 0.221 e. The number of carbonyl (C=O) groups is 1. The quantitative estimate of drug-likeness (QED) is 0.534. The summed E-state index contributed by atoms with van der Waals surface area (Å²) in [5.41, 5.74) is 3.33. The summed E-state index contributed by atoms with van der Waals surface area (Å²) in [6.45, 7) is 4.07. The molecule has 2 aromatic carbocycles. The van der Waals surface area contributed by atoms with Gasteiger partial charge in [0.2, 0.25) is 5.91 Å². The minimum absolute atomic E-state index is 0.172. The van der Waals surface area contributed by atoms with Gasteiger partial charge in [0, 0.05) is 24.4 Å². The molecule has 0 aliphatic rings. The number of benzene rings is 2. The summed E-state index contributed by atoms with van der Waals surface area (Å²) in [7, 11) is 3.18. The van der Waals surface area contributed by atoms with Crippen LogP contribution in [0.3, 0.4) is 0 Å². The number of methoxy groups -OCH3 is 2. The molecule has 30 heavy (non-hydrogen) atoms. The minimum Gasteiger partial charge on any atom is -0.495 e. The molecule has 3 rings (SSSR count). The standard InChI is InChI=1S/C22H25ClN4O3/c1-5-6-15-20-16(10-18(21(15)30-4)27-13(2)28)22(26-12-25-20)24-11-14-7-8-19(29-3)17(23)9-14/h7-10,12H,5-6,11H2,1-4H3,(H,27,28)(H,24,25,26). The molecular formula is C22H25ClN4O3. The van der Waals surface area contributed by atoms with Crippen LogP contribution in [0.2, 0.25) is 5.02 Å². The number of aryl methyl sites for hydroxylation is 1. The van der Waals surface area contributed by atoms with Gasteiger partial charge in [-0.15, -0.1) is 0 Å². The molecule has 7 nitrogen and oxygen atoms in total.